The Hall–Kier alpha value is -3.35. The number of thioether (sulfide) groups is 1. The van der Waals surface area contributed by atoms with Crippen LogP contribution in [0.25, 0.3) is 23.0 Å². The third-order valence-corrected chi connectivity index (χ3v) is 8.10. The molecule has 34 heavy (non-hydrogen) atoms. The number of aromatic nitrogens is 2. The lowest BCUT2D eigenvalue weighted by molar-refractivity contribution is -0.117. The van der Waals surface area contributed by atoms with E-state index in [9.17, 15) is 18.5 Å². The highest BCUT2D eigenvalue weighted by atomic mass is 32.2. The molecule has 1 N–H and O–H groups in total. The average Bonchev–Trinajstić information content (AvgIpc) is 3.41. The number of carbonyl (C=O) groups excluding carboxylic acids is 1. The minimum absolute atomic E-state index is 0.0455. The highest BCUT2D eigenvalue weighted by Crippen LogP contribution is 2.28. The van der Waals surface area contributed by atoms with Gasteiger partial charge in [0, 0.05) is 28.3 Å². The highest BCUT2D eigenvalue weighted by molar-refractivity contribution is 7.99. The van der Waals surface area contributed by atoms with Crippen LogP contribution in [-0.2, 0) is 14.6 Å². The molecule has 2 heterocycles. The molecule has 174 valence electrons. The Balaban J connectivity index is 1.69. The average molecular weight is 493 g/mol. The topological polar surface area (TPSA) is 105 Å². The van der Waals surface area contributed by atoms with E-state index in [0.29, 0.717) is 17.7 Å². The molecule has 1 aliphatic rings. The van der Waals surface area contributed by atoms with Gasteiger partial charge >= 0.3 is 0 Å². The van der Waals surface area contributed by atoms with Gasteiger partial charge in [0.1, 0.15) is 11.6 Å². The van der Waals surface area contributed by atoms with Gasteiger partial charge in [-0.2, -0.15) is 10.4 Å². The van der Waals surface area contributed by atoms with Gasteiger partial charge in [-0.1, -0.05) is 37.3 Å². The van der Waals surface area contributed by atoms with Crippen LogP contribution in [0, 0.1) is 11.3 Å². The number of para-hydroxylation sites is 1. The predicted octanol–water partition coefficient (Wildman–Crippen LogP) is 3.86. The van der Waals surface area contributed by atoms with Gasteiger partial charge in [0.05, 0.1) is 22.9 Å². The van der Waals surface area contributed by atoms with Crippen molar-refractivity contribution in [3.05, 3.63) is 71.9 Å². The van der Waals surface area contributed by atoms with Crippen molar-refractivity contribution in [3.8, 4) is 23.0 Å². The molecule has 7 nitrogen and oxygen atoms in total. The molecule has 0 spiro atoms. The summed E-state index contributed by atoms with van der Waals surface area (Å²) in [7, 11) is -3.14. The van der Waals surface area contributed by atoms with Gasteiger partial charge in [-0.05, 0) is 42.5 Å². The van der Waals surface area contributed by atoms with Gasteiger partial charge in [0.25, 0.3) is 5.91 Å². The molecule has 4 rings (SSSR count). The predicted molar refractivity (Wildman–Crippen MR) is 134 cm³/mol. The lowest BCUT2D eigenvalue weighted by Gasteiger charge is -2.09. The number of sulfone groups is 1. The molecule has 1 fully saturated rings. The van der Waals surface area contributed by atoms with Gasteiger partial charge in [0.2, 0.25) is 0 Å². The van der Waals surface area contributed by atoms with E-state index < -0.39 is 21.8 Å². The van der Waals surface area contributed by atoms with Crippen molar-refractivity contribution in [1.82, 2.24) is 15.1 Å². The minimum atomic E-state index is -3.14. The van der Waals surface area contributed by atoms with Gasteiger partial charge in [-0.15, -0.1) is 11.8 Å². The summed E-state index contributed by atoms with van der Waals surface area (Å²) in [6, 6.07) is 19.1. The first-order chi connectivity index (χ1) is 16.4. The summed E-state index contributed by atoms with van der Waals surface area (Å²) in [6.07, 6.45) is 3.64. The van der Waals surface area contributed by atoms with Crippen molar-refractivity contribution in [1.29, 1.82) is 5.26 Å². The van der Waals surface area contributed by atoms with Crippen molar-refractivity contribution in [3.63, 3.8) is 0 Å². The SMILES string of the molecule is CCSc1ccc(-c2nn(-c3ccccc3)cc2C=C(C#N)C(=O)NC2CCS(=O)(=O)C2)cc1. The highest BCUT2D eigenvalue weighted by Gasteiger charge is 2.29. The fraction of sp³-hybridized carbons (Fsp3) is 0.240. The van der Waals surface area contributed by atoms with Crippen molar-refractivity contribution in [2.75, 3.05) is 17.3 Å². The van der Waals surface area contributed by atoms with Crippen LogP contribution in [0.3, 0.4) is 0 Å². The maximum absolute atomic E-state index is 12.8. The van der Waals surface area contributed by atoms with E-state index in [0.717, 1.165) is 21.9 Å². The Kier molecular flexibility index (Phi) is 7.20. The second-order valence-electron chi connectivity index (χ2n) is 7.91. The van der Waals surface area contributed by atoms with Crippen LogP contribution in [-0.4, -0.2) is 47.4 Å². The molecule has 1 saturated heterocycles. The summed E-state index contributed by atoms with van der Waals surface area (Å²) in [5.74, 6) is 0.331. The van der Waals surface area contributed by atoms with Crippen LogP contribution in [0.4, 0.5) is 0 Å². The number of hydrogen-bond acceptors (Lipinski definition) is 6. The largest absolute Gasteiger partial charge is 0.348 e. The van der Waals surface area contributed by atoms with Crippen LogP contribution in [0.1, 0.15) is 18.9 Å². The normalized spacial score (nSPS) is 17.3. The summed E-state index contributed by atoms with van der Waals surface area (Å²) in [5, 5.41) is 17.1. The van der Waals surface area contributed by atoms with Crippen molar-refractivity contribution in [2.45, 2.75) is 24.3 Å². The van der Waals surface area contributed by atoms with Crippen molar-refractivity contribution >= 4 is 33.6 Å². The van der Waals surface area contributed by atoms with Crippen molar-refractivity contribution < 1.29 is 13.2 Å². The molecule has 2 aromatic carbocycles. The first-order valence-corrected chi connectivity index (χ1v) is 13.7. The molecular formula is C25H24N4O3S2. The van der Waals surface area contributed by atoms with Crippen LogP contribution in [0.2, 0.25) is 0 Å². The Morgan fingerprint density at radius 2 is 1.97 bits per heavy atom. The van der Waals surface area contributed by atoms with Crippen LogP contribution in [0.5, 0.6) is 0 Å². The Morgan fingerprint density at radius 1 is 1.24 bits per heavy atom. The van der Waals surface area contributed by atoms with Gasteiger partial charge in [-0.3, -0.25) is 4.79 Å². The standard InChI is InChI=1S/C25H24N4O3S2/c1-2-33-23-10-8-18(9-11-23)24-20(16-29(28-24)22-6-4-3-5-7-22)14-19(15-26)25(30)27-21-12-13-34(31,32)17-21/h3-11,14,16,21H,2,12-13,17H2,1H3,(H,27,30). The molecule has 0 bridgehead atoms. The monoisotopic (exact) mass is 492 g/mol. The molecule has 0 saturated carbocycles. The lowest BCUT2D eigenvalue weighted by atomic mass is 10.1. The number of nitrogens with zero attached hydrogens (tertiary/aromatic N) is 3. The molecule has 0 aliphatic carbocycles. The third-order valence-electron chi connectivity index (χ3n) is 5.43. The first-order valence-electron chi connectivity index (χ1n) is 10.9. The molecular weight excluding hydrogens is 468 g/mol. The number of carbonyl (C=O) groups is 1. The Morgan fingerprint density at radius 3 is 2.59 bits per heavy atom. The first kappa shape index (κ1) is 23.8. The maximum Gasteiger partial charge on any atom is 0.262 e. The zero-order valence-electron chi connectivity index (χ0n) is 18.6. The fourth-order valence-electron chi connectivity index (χ4n) is 3.78. The number of rotatable bonds is 7. The molecule has 1 atom stereocenters. The summed E-state index contributed by atoms with van der Waals surface area (Å²) in [5.41, 5.74) is 2.87. The molecule has 1 unspecified atom stereocenters. The molecule has 0 radical (unpaired) electrons. The van der Waals surface area contributed by atoms with E-state index in [4.69, 9.17) is 5.10 Å². The summed E-state index contributed by atoms with van der Waals surface area (Å²) < 4.78 is 25.1. The second kappa shape index (κ2) is 10.3. The van der Waals surface area contributed by atoms with Crippen molar-refractivity contribution in [2.24, 2.45) is 0 Å². The third kappa shape index (κ3) is 5.58. The smallest absolute Gasteiger partial charge is 0.262 e. The van der Waals surface area contributed by atoms with Crippen LogP contribution in [0.15, 0.2) is 71.3 Å². The van der Waals surface area contributed by atoms with E-state index in [1.54, 1.807) is 22.6 Å². The number of benzene rings is 2. The van der Waals surface area contributed by atoms with Crippen LogP contribution >= 0.6 is 11.8 Å². The number of hydrogen-bond donors (Lipinski definition) is 1. The zero-order valence-corrected chi connectivity index (χ0v) is 20.3. The van der Waals surface area contributed by atoms with E-state index >= 15 is 0 Å². The molecule has 1 amide bonds. The van der Waals surface area contributed by atoms with Gasteiger partial charge in [0.15, 0.2) is 9.84 Å². The van der Waals surface area contributed by atoms with E-state index in [2.05, 4.69) is 12.2 Å². The fourth-order valence-corrected chi connectivity index (χ4v) is 6.12. The summed E-state index contributed by atoms with van der Waals surface area (Å²) >= 11 is 1.74. The van der Waals surface area contributed by atoms with E-state index in [-0.39, 0.29) is 17.1 Å². The second-order valence-corrected chi connectivity index (χ2v) is 11.5. The maximum atomic E-state index is 12.8. The van der Waals surface area contributed by atoms with Gasteiger partial charge in [-0.25, -0.2) is 13.1 Å². The number of nitriles is 1. The Bertz CT molecular complexity index is 1360. The zero-order chi connectivity index (χ0) is 24.1. The van der Waals surface area contributed by atoms with Gasteiger partial charge < -0.3 is 5.32 Å². The summed E-state index contributed by atoms with van der Waals surface area (Å²) in [6.45, 7) is 2.10. The molecule has 9 heteroatoms. The quantitative estimate of drug-likeness (QED) is 0.305. The number of amides is 1. The minimum Gasteiger partial charge on any atom is -0.348 e. The van der Waals surface area contributed by atoms with Crippen LogP contribution < -0.4 is 5.32 Å². The van der Waals surface area contributed by atoms with E-state index in [1.807, 2.05) is 60.7 Å². The molecule has 3 aromatic rings. The Labute approximate surface area is 203 Å². The summed E-state index contributed by atoms with van der Waals surface area (Å²) in [4.78, 5) is 13.9. The lowest BCUT2D eigenvalue weighted by Crippen LogP contribution is -2.36. The molecule has 1 aliphatic heterocycles. The number of nitrogens with one attached hydrogen (secondary N) is 1. The molecule has 1 aromatic heterocycles. The van der Waals surface area contributed by atoms with E-state index in [1.165, 1.54) is 6.08 Å².